The number of rotatable bonds is 14. The molecule has 9 heterocycles. The van der Waals surface area contributed by atoms with Crippen LogP contribution in [0.25, 0.3) is 0 Å². The number of hydrogen-bond acceptors (Lipinski definition) is 17. The molecule has 0 bridgehead atoms. The van der Waals surface area contributed by atoms with E-state index in [0.29, 0.717) is 114 Å². The minimum atomic E-state index is -3.64. The molecule has 0 saturated carbocycles. The van der Waals surface area contributed by atoms with Gasteiger partial charge < -0.3 is 69.9 Å². The van der Waals surface area contributed by atoms with Crippen molar-refractivity contribution in [2.24, 2.45) is 17.2 Å². The number of anilines is 3. The molecular weight excluding hydrogens is 1490 g/mol. The maximum absolute atomic E-state index is 13.4. The molecule has 116 heavy (non-hydrogen) atoms. The predicted molar refractivity (Wildman–Crippen MR) is 439 cm³/mol. The van der Waals surface area contributed by atoms with Crippen LogP contribution in [0.1, 0.15) is 154 Å². The Bertz CT molecular complexity index is 5620. The Balaban J connectivity index is 0.000000145. The van der Waals surface area contributed by atoms with Crippen LogP contribution in [0.3, 0.4) is 0 Å². The van der Waals surface area contributed by atoms with E-state index in [1.54, 1.807) is 46.2 Å². The standard InChI is InChI=1S/C35H33N3O6S.C29H29N3O4.C28H27N3O4/c36-23-26-7-14-31-30(22-26)35(24-38(31)20-21-45(42,43)29-12-8-27(9-13-29)34(40)41)16-18-37(19-17-35)33(39)32-15-11-28(44-32)10-6-25-4-2-1-3-5-25;30-19-22-7-10-25-24(18-22)29(20-32(25)15-12-27(33)34)13-16-31(17-14-29)28(35)26-11-9-23(36-26)8-6-21-4-2-1-3-5-21;1-34-27(33)31-19-28(23-17-21(18-29)8-11-24(23)31)13-15-30(16-14-28)26(32)25-12-10-22(35-25)9-7-20-5-3-2-4-6-20/h1-5,7-9,11-15,22H,16-21,23-24,36H2,(H,40,41);1-5,7,9-11,18H,12-17,19-20,30H2,(H,33,34);2-6,8,10-12,17H,13-16,18-19,29H2,1H3. The summed E-state index contributed by atoms with van der Waals surface area (Å²) in [4.78, 5) is 86.0. The SMILES string of the molecule is COC(=O)N1CC2(CCN(C(=O)c3ccc(C#Cc4ccccc4)o3)CC2)c2cc(CN)ccc21.NCc1ccc2c(c1)C1(CCN(C(=O)c3ccc(C#Cc4ccccc4)o3)CC1)CN2CCC(=O)O.NCc1ccc2c(c1)C1(CCN(C(=O)c3ccc(C#Cc4ccccc4)o3)CC1)CN2CCS(=O)(=O)c1ccc(C(=O)O)cc1. The van der Waals surface area contributed by atoms with Gasteiger partial charge in [-0.25, -0.2) is 18.0 Å². The van der Waals surface area contributed by atoms with Crippen LogP contribution in [0.2, 0.25) is 0 Å². The van der Waals surface area contributed by atoms with Crippen molar-refractivity contribution in [2.75, 3.05) is 99.6 Å². The van der Waals surface area contributed by atoms with Crippen LogP contribution < -0.4 is 31.9 Å². The molecule has 3 fully saturated rings. The number of carboxylic acid groups (broad SMARTS) is 2. The van der Waals surface area contributed by atoms with Crippen molar-refractivity contribution in [3.8, 4) is 35.5 Å². The number of benzene rings is 7. The molecule has 6 aliphatic heterocycles. The number of carboxylic acids is 2. The normalized spacial score (nSPS) is 15.7. The zero-order valence-electron chi connectivity index (χ0n) is 64.3. The average molecular weight is 1580 g/mol. The van der Waals surface area contributed by atoms with E-state index in [1.807, 2.05) is 131 Å². The number of piperidine rings is 3. The highest BCUT2D eigenvalue weighted by Crippen LogP contribution is 2.51. The first kappa shape index (κ1) is 79.7. The predicted octanol–water partition coefficient (Wildman–Crippen LogP) is 11.8. The van der Waals surface area contributed by atoms with Gasteiger partial charge in [0.2, 0.25) is 0 Å². The summed E-state index contributed by atoms with van der Waals surface area (Å²) >= 11 is 0. The lowest BCUT2D eigenvalue weighted by molar-refractivity contribution is -0.136. The van der Waals surface area contributed by atoms with E-state index in [4.69, 9.17) is 40.3 Å². The fourth-order valence-electron chi connectivity index (χ4n) is 16.5. The van der Waals surface area contributed by atoms with Gasteiger partial charge in [0.15, 0.2) is 44.4 Å². The summed E-state index contributed by atoms with van der Waals surface area (Å²) in [5, 5.41) is 18.3. The van der Waals surface area contributed by atoms with Crippen LogP contribution in [0.4, 0.5) is 21.9 Å². The van der Waals surface area contributed by atoms with Gasteiger partial charge in [0.25, 0.3) is 17.7 Å². The largest absolute Gasteiger partial charge is 0.481 e. The summed E-state index contributed by atoms with van der Waals surface area (Å²) in [6.07, 6.45) is 4.19. The number of methoxy groups -OCH3 is 1. The van der Waals surface area contributed by atoms with Crippen molar-refractivity contribution in [3.63, 3.8) is 0 Å². The van der Waals surface area contributed by atoms with Gasteiger partial charge in [-0.2, -0.15) is 0 Å². The molecule has 592 valence electrons. The third kappa shape index (κ3) is 17.6. The lowest BCUT2D eigenvalue weighted by Crippen LogP contribution is -2.47. The number of nitrogens with two attached hydrogens (primary N) is 3. The molecule has 3 saturated heterocycles. The fourth-order valence-corrected chi connectivity index (χ4v) is 17.7. The lowest BCUT2D eigenvalue weighted by Gasteiger charge is -2.40. The number of furan rings is 3. The van der Waals surface area contributed by atoms with Crippen molar-refractivity contribution in [2.45, 2.75) is 85.7 Å². The van der Waals surface area contributed by atoms with Gasteiger partial charge in [0.1, 0.15) is 0 Å². The molecule has 23 nitrogen and oxygen atoms in total. The van der Waals surface area contributed by atoms with Crippen molar-refractivity contribution >= 4 is 62.7 Å². The number of amides is 4. The second kappa shape index (κ2) is 34.8. The topological polar surface area (TPSA) is 323 Å². The average Bonchev–Trinajstić information content (AvgIpc) is 1.59. The van der Waals surface area contributed by atoms with Gasteiger partial charge in [-0.15, -0.1) is 0 Å². The van der Waals surface area contributed by atoms with Crippen LogP contribution in [-0.2, 0) is 55.2 Å². The summed E-state index contributed by atoms with van der Waals surface area (Å²) in [6, 6.07) is 62.7. The van der Waals surface area contributed by atoms with Gasteiger partial charge in [-0.1, -0.05) is 109 Å². The van der Waals surface area contributed by atoms with Crippen LogP contribution in [0.5, 0.6) is 0 Å². The van der Waals surface area contributed by atoms with Gasteiger partial charge in [0.05, 0.1) is 35.4 Å². The first-order valence-electron chi connectivity index (χ1n) is 38.7. The summed E-state index contributed by atoms with van der Waals surface area (Å²) in [6.45, 7) is 7.32. The molecule has 3 aromatic heterocycles. The molecule has 0 radical (unpaired) electrons. The molecule has 8 N–H and O–H groups in total. The van der Waals surface area contributed by atoms with E-state index in [1.165, 1.54) is 36.9 Å². The molecule has 4 amide bonds. The van der Waals surface area contributed by atoms with E-state index >= 15 is 0 Å². The fraction of sp³-hybridized carbons (Fsp3) is 0.283. The molecule has 3 spiro atoms. The Kier molecular flexibility index (Phi) is 23.9. The molecule has 16 rings (SSSR count). The number of aliphatic carboxylic acids is 1. The van der Waals surface area contributed by atoms with Crippen molar-refractivity contribution < 1.29 is 65.4 Å². The molecular formula is C92H89N9O14S. The molecule has 0 aliphatic carbocycles. The van der Waals surface area contributed by atoms with Crippen LogP contribution >= 0.6 is 0 Å². The van der Waals surface area contributed by atoms with Gasteiger partial charge in [0, 0.05) is 136 Å². The summed E-state index contributed by atoms with van der Waals surface area (Å²) in [5.74, 6) is 17.8. The van der Waals surface area contributed by atoms with Gasteiger partial charge >= 0.3 is 18.0 Å². The highest BCUT2D eigenvalue weighted by atomic mass is 32.2. The summed E-state index contributed by atoms with van der Waals surface area (Å²) in [7, 11) is -2.25. The third-order valence-electron chi connectivity index (χ3n) is 22.9. The Hall–Kier alpha value is -12.9. The third-order valence-corrected chi connectivity index (χ3v) is 24.6. The number of carbonyl (C=O) groups excluding carboxylic acids is 4. The second-order valence-electron chi connectivity index (χ2n) is 29.9. The molecule has 24 heteroatoms. The van der Waals surface area contributed by atoms with E-state index in [2.05, 4.69) is 69.6 Å². The number of carbonyl (C=O) groups is 6. The summed E-state index contributed by atoms with van der Waals surface area (Å²) in [5.41, 5.74) is 29.3. The number of aromatic carboxylic acids is 1. The molecule has 7 aromatic carbocycles. The van der Waals surface area contributed by atoms with E-state index in [9.17, 15) is 42.3 Å². The number of nitrogens with zero attached hydrogens (tertiary/aromatic N) is 6. The van der Waals surface area contributed by atoms with Crippen molar-refractivity contribution in [3.05, 3.63) is 296 Å². The second-order valence-corrected chi connectivity index (χ2v) is 32.0. The molecule has 0 atom stereocenters. The highest BCUT2D eigenvalue weighted by Gasteiger charge is 2.50. The molecule has 6 aliphatic rings. The van der Waals surface area contributed by atoms with Gasteiger partial charge in [-0.05, 0) is 205 Å². The molecule has 10 aromatic rings. The lowest BCUT2D eigenvalue weighted by atomic mass is 9.74. The number of likely N-dealkylation sites (tertiary alicyclic amines) is 3. The maximum atomic E-state index is 13.4. The summed E-state index contributed by atoms with van der Waals surface area (Å²) < 4.78 is 48.6. The van der Waals surface area contributed by atoms with Crippen molar-refractivity contribution in [1.29, 1.82) is 0 Å². The number of ether oxygens (including phenoxy) is 1. The van der Waals surface area contributed by atoms with Crippen LogP contribution in [0, 0.1) is 35.5 Å². The molecule has 0 unspecified atom stereocenters. The minimum absolute atomic E-state index is 0.0362. The number of hydrogen-bond donors (Lipinski definition) is 5. The van der Waals surface area contributed by atoms with Crippen LogP contribution in [0.15, 0.2) is 224 Å². The quantitative estimate of drug-likeness (QED) is 0.0632. The van der Waals surface area contributed by atoms with E-state index in [0.717, 1.165) is 93.8 Å². The van der Waals surface area contributed by atoms with E-state index in [-0.39, 0.29) is 80.8 Å². The maximum Gasteiger partial charge on any atom is 0.414 e. The zero-order chi connectivity index (χ0) is 81.1. The van der Waals surface area contributed by atoms with E-state index < -0.39 is 21.8 Å². The van der Waals surface area contributed by atoms with Crippen molar-refractivity contribution in [1.82, 2.24) is 14.7 Å². The van der Waals surface area contributed by atoms with Crippen LogP contribution in [-0.4, -0.2) is 154 Å². The number of fused-ring (bicyclic) bond motifs is 6. The minimum Gasteiger partial charge on any atom is -0.481 e. The Morgan fingerprint density at radius 1 is 0.431 bits per heavy atom. The highest BCUT2D eigenvalue weighted by molar-refractivity contribution is 7.91. The van der Waals surface area contributed by atoms with Gasteiger partial charge in [-0.3, -0.25) is 24.1 Å². The Morgan fingerprint density at radius 3 is 1.14 bits per heavy atom. The first-order chi connectivity index (χ1) is 56.2. The monoisotopic (exact) mass is 1580 g/mol. The smallest absolute Gasteiger partial charge is 0.414 e. The Labute approximate surface area is 673 Å². The zero-order valence-corrected chi connectivity index (χ0v) is 65.1. The number of sulfone groups is 1. The first-order valence-corrected chi connectivity index (χ1v) is 40.4. The Morgan fingerprint density at radius 2 is 0.784 bits per heavy atom.